The molecular formula is C13H14O4. The van der Waals surface area contributed by atoms with Crippen LogP contribution in [0.25, 0.3) is 0 Å². The average Bonchev–Trinajstić information content (AvgIpc) is 2.29. The van der Waals surface area contributed by atoms with Crippen molar-refractivity contribution in [2.24, 2.45) is 0 Å². The number of aromatic carboxylic acids is 2. The van der Waals surface area contributed by atoms with Crippen molar-refractivity contribution in [3.8, 4) is 0 Å². The van der Waals surface area contributed by atoms with Crippen molar-refractivity contribution >= 4 is 11.9 Å². The lowest BCUT2D eigenvalue weighted by atomic mass is 10.1. The van der Waals surface area contributed by atoms with Gasteiger partial charge in [0.25, 0.3) is 0 Å². The minimum absolute atomic E-state index is 0.0833. The standard InChI is InChI=1S/C8H6O4.C5H8/c9-7(10)5-1-2-6(4-3-5)8(11)12;1-4-5(2)3/h1-4H,(H,9,10)(H,11,12);4H,1-2H2,3H3. The number of carbonyl (C=O) groups is 2. The highest BCUT2D eigenvalue weighted by Gasteiger charge is 2.04. The number of carboxylic acids is 2. The zero-order valence-corrected chi connectivity index (χ0v) is 9.51. The van der Waals surface area contributed by atoms with Gasteiger partial charge in [-0.2, -0.15) is 0 Å². The third-order valence-electron chi connectivity index (χ3n) is 1.73. The molecule has 0 fully saturated rings. The molecule has 0 amide bonds. The molecule has 0 aliphatic heterocycles. The summed E-state index contributed by atoms with van der Waals surface area (Å²) in [6.45, 7) is 8.93. The third-order valence-corrected chi connectivity index (χ3v) is 1.73. The van der Waals surface area contributed by atoms with Crippen molar-refractivity contribution in [2.75, 3.05) is 0 Å². The van der Waals surface area contributed by atoms with Gasteiger partial charge in [0.15, 0.2) is 0 Å². The van der Waals surface area contributed by atoms with Crippen LogP contribution in [0.1, 0.15) is 27.6 Å². The molecule has 0 aliphatic rings. The van der Waals surface area contributed by atoms with Gasteiger partial charge in [0.1, 0.15) is 0 Å². The Kier molecular flexibility index (Phi) is 6.03. The second kappa shape index (κ2) is 7.00. The Hall–Kier alpha value is -2.36. The van der Waals surface area contributed by atoms with Crippen LogP contribution in [0.15, 0.2) is 49.1 Å². The van der Waals surface area contributed by atoms with E-state index in [-0.39, 0.29) is 11.1 Å². The predicted octanol–water partition coefficient (Wildman–Crippen LogP) is 2.83. The molecule has 0 heterocycles. The summed E-state index contributed by atoms with van der Waals surface area (Å²) < 4.78 is 0. The zero-order valence-electron chi connectivity index (χ0n) is 9.51. The third kappa shape index (κ3) is 5.94. The smallest absolute Gasteiger partial charge is 0.335 e. The van der Waals surface area contributed by atoms with Gasteiger partial charge in [-0.05, 0) is 31.2 Å². The van der Waals surface area contributed by atoms with Crippen molar-refractivity contribution in [3.05, 3.63) is 60.2 Å². The lowest BCUT2D eigenvalue weighted by Gasteiger charge is -1.94. The molecule has 2 N–H and O–H groups in total. The molecule has 17 heavy (non-hydrogen) atoms. The Morgan fingerprint density at radius 3 is 1.41 bits per heavy atom. The second-order valence-electron chi connectivity index (χ2n) is 3.24. The molecule has 4 nitrogen and oxygen atoms in total. The van der Waals surface area contributed by atoms with Crippen LogP contribution in [-0.2, 0) is 0 Å². The van der Waals surface area contributed by atoms with Gasteiger partial charge in [-0.25, -0.2) is 9.59 Å². The number of hydrogen-bond acceptors (Lipinski definition) is 2. The summed E-state index contributed by atoms with van der Waals surface area (Å²) in [5.41, 5.74) is 1.19. The normalized spacial score (nSPS) is 8.53. The first kappa shape index (κ1) is 14.6. The minimum atomic E-state index is -1.06. The largest absolute Gasteiger partial charge is 0.478 e. The quantitative estimate of drug-likeness (QED) is 0.788. The Morgan fingerprint density at radius 1 is 1.06 bits per heavy atom. The molecule has 0 saturated carbocycles. The van der Waals surface area contributed by atoms with Crippen molar-refractivity contribution in [1.29, 1.82) is 0 Å². The first-order valence-corrected chi connectivity index (χ1v) is 4.73. The lowest BCUT2D eigenvalue weighted by Crippen LogP contribution is -1.99. The van der Waals surface area contributed by atoms with Crippen LogP contribution in [-0.4, -0.2) is 22.2 Å². The van der Waals surface area contributed by atoms with Crippen LogP contribution < -0.4 is 0 Å². The maximum Gasteiger partial charge on any atom is 0.335 e. The summed E-state index contributed by atoms with van der Waals surface area (Å²) in [4.78, 5) is 20.7. The van der Waals surface area contributed by atoms with E-state index in [1.165, 1.54) is 24.3 Å². The second-order valence-corrected chi connectivity index (χ2v) is 3.24. The maximum atomic E-state index is 10.3. The Bertz CT molecular complexity index is 396. The highest BCUT2D eigenvalue weighted by Crippen LogP contribution is 2.03. The molecule has 0 aliphatic carbocycles. The topological polar surface area (TPSA) is 74.6 Å². The van der Waals surface area contributed by atoms with E-state index in [2.05, 4.69) is 13.2 Å². The van der Waals surface area contributed by atoms with Gasteiger partial charge in [0, 0.05) is 0 Å². The van der Waals surface area contributed by atoms with Crippen LogP contribution >= 0.6 is 0 Å². The van der Waals surface area contributed by atoms with E-state index in [1.54, 1.807) is 6.08 Å². The molecular weight excluding hydrogens is 220 g/mol. The van der Waals surface area contributed by atoms with Gasteiger partial charge in [0.05, 0.1) is 11.1 Å². The average molecular weight is 234 g/mol. The van der Waals surface area contributed by atoms with Crippen molar-refractivity contribution in [3.63, 3.8) is 0 Å². The van der Waals surface area contributed by atoms with Gasteiger partial charge in [0.2, 0.25) is 0 Å². The summed E-state index contributed by atoms with van der Waals surface area (Å²) in [6, 6.07) is 5.02. The summed E-state index contributed by atoms with van der Waals surface area (Å²) in [5.74, 6) is -2.13. The highest BCUT2D eigenvalue weighted by molar-refractivity contribution is 5.91. The number of hydrogen-bond donors (Lipinski definition) is 2. The van der Waals surface area contributed by atoms with Gasteiger partial charge in [-0.1, -0.05) is 24.8 Å². The molecule has 0 atom stereocenters. The van der Waals surface area contributed by atoms with E-state index in [1.807, 2.05) is 6.92 Å². The number of rotatable bonds is 3. The lowest BCUT2D eigenvalue weighted by molar-refractivity contribution is 0.0681. The van der Waals surface area contributed by atoms with Gasteiger partial charge >= 0.3 is 11.9 Å². The Morgan fingerprint density at radius 2 is 1.29 bits per heavy atom. The summed E-state index contributed by atoms with van der Waals surface area (Å²) >= 11 is 0. The van der Waals surface area contributed by atoms with E-state index in [0.717, 1.165) is 5.57 Å². The van der Waals surface area contributed by atoms with Crippen molar-refractivity contribution in [1.82, 2.24) is 0 Å². The monoisotopic (exact) mass is 234 g/mol. The van der Waals surface area contributed by atoms with E-state index in [9.17, 15) is 9.59 Å². The predicted molar refractivity (Wildman–Crippen MR) is 65.4 cm³/mol. The van der Waals surface area contributed by atoms with Gasteiger partial charge < -0.3 is 10.2 Å². The zero-order chi connectivity index (χ0) is 13.4. The summed E-state index contributed by atoms with van der Waals surface area (Å²) in [7, 11) is 0. The van der Waals surface area contributed by atoms with Crippen LogP contribution in [0.4, 0.5) is 0 Å². The molecule has 4 heteroatoms. The Balaban J connectivity index is 0.000000437. The van der Waals surface area contributed by atoms with E-state index in [0.29, 0.717) is 0 Å². The molecule has 0 spiro atoms. The van der Waals surface area contributed by atoms with Gasteiger partial charge in [-0.3, -0.25) is 0 Å². The molecule has 0 unspecified atom stereocenters. The first-order valence-electron chi connectivity index (χ1n) is 4.73. The molecule has 1 aromatic rings. The van der Waals surface area contributed by atoms with Crippen molar-refractivity contribution in [2.45, 2.75) is 6.92 Å². The van der Waals surface area contributed by atoms with Crippen LogP contribution in [0.3, 0.4) is 0 Å². The van der Waals surface area contributed by atoms with Crippen LogP contribution in [0, 0.1) is 0 Å². The molecule has 1 rings (SSSR count). The highest BCUT2D eigenvalue weighted by atomic mass is 16.4. The SMILES string of the molecule is C=CC(=C)C.O=C(O)c1ccc(C(=O)O)cc1. The van der Waals surface area contributed by atoms with Crippen LogP contribution in [0.2, 0.25) is 0 Å². The molecule has 90 valence electrons. The van der Waals surface area contributed by atoms with E-state index >= 15 is 0 Å². The van der Waals surface area contributed by atoms with E-state index < -0.39 is 11.9 Å². The van der Waals surface area contributed by atoms with Gasteiger partial charge in [-0.15, -0.1) is 0 Å². The maximum absolute atomic E-state index is 10.3. The summed E-state index contributed by atoms with van der Waals surface area (Å²) in [6.07, 6.45) is 1.72. The molecule has 0 bridgehead atoms. The molecule has 0 radical (unpaired) electrons. The molecule has 0 saturated heterocycles. The fourth-order valence-electron chi connectivity index (χ4n) is 0.755. The fraction of sp³-hybridized carbons (Fsp3) is 0.0769. The minimum Gasteiger partial charge on any atom is -0.478 e. The molecule has 0 aromatic heterocycles. The molecule has 1 aromatic carbocycles. The van der Waals surface area contributed by atoms with Crippen molar-refractivity contribution < 1.29 is 19.8 Å². The fourth-order valence-corrected chi connectivity index (χ4v) is 0.755. The first-order chi connectivity index (χ1) is 7.88. The summed E-state index contributed by atoms with van der Waals surface area (Å²) in [5, 5.41) is 16.9. The number of benzene rings is 1. The number of allylic oxidation sites excluding steroid dienone is 2. The Labute approximate surface area is 99.5 Å². The van der Waals surface area contributed by atoms with Crippen LogP contribution in [0.5, 0.6) is 0 Å². The number of carboxylic acid groups (broad SMARTS) is 2. The van der Waals surface area contributed by atoms with E-state index in [4.69, 9.17) is 10.2 Å².